The quantitative estimate of drug-likeness (QED) is 0.655. The molecular weight excluding hydrogens is 378 g/mol. The maximum Gasteiger partial charge on any atom is 0.282 e. The summed E-state index contributed by atoms with van der Waals surface area (Å²) in [5, 5.41) is 13.6. The van der Waals surface area contributed by atoms with Crippen molar-refractivity contribution >= 4 is 28.6 Å². The Morgan fingerprint density at radius 3 is 2.73 bits per heavy atom. The van der Waals surface area contributed by atoms with Gasteiger partial charge in [-0.1, -0.05) is 0 Å². The SMILES string of the molecule is Cc1csc(C(Cc2ccsc2)NC(=O)Cn2nc(C(F)F)cc2C)n1. The van der Waals surface area contributed by atoms with Crippen LogP contribution in [0.1, 0.15) is 40.1 Å². The highest BCUT2D eigenvalue weighted by Gasteiger charge is 2.20. The topological polar surface area (TPSA) is 59.8 Å². The second-order valence-electron chi connectivity index (χ2n) is 5.95. The molecule has 3 aromatic heterocycles. The fourth-order valence-corrected chi connectivity index (χ4v) is 4.08. The van der Waals surface area contributed by atoms with E-state index in [4.69, 9.17) is 0 Å². The van der Waals surface area contributed by atoms with Crippen LogP contribution in [0.25, 0.3) is 0 Å². The Bertz CT molecular complexity index is 873. The van der Waals surface area contributed by atoms with Gasteiger partial charge in [0.25, 0.3) is 6.43 Å². The first-order valence-corrected chi connectivity index (χ1v) is 9.79. The molecule has 0 aromatic carbocycles. The number of thiazole rings is 1. The normalized spacial score (nSPS) is 12.5. The minimum absolute atomic E-state index is 0.108. The first-order chi connectivity index (χ1) is 12.4. The number of rotatable bonds is 7. The van der Waals surface area contributed by atoms with Gasteiger partial charge in [0, 0.05) is 23.2 Å². The third-order valence-electron chi connectivity index (χ3n) is 3.81. The summed E-state index contributed by atoms with van der Waals surface area (Å²) < 4.78 is 26.8. The maximum atomic E-state index is 12.8. The largest absolute Gasteiger partial charge is 0.345 e. The highest BCUT2D eigenvalue weighted by atomic mass is 32.1. The monoisotopic (exact) mass is 396 g/mol. The van der Waals surface area contributed by atoms with Crippen molar-refractivity contribution in [2.45, 2.75) is 39.3 Å². The van der Waals surface area contributed by atoms with Crippen LogP contribution in [0.15, 0.2) is 28.3 Å². The van der Waals surface area contributed by atoms with Crippen LogP contribution in [0.5, 0.6) is 0 Å². The van der Waals surface area contributed by atoms with Crippen molar-refractivity contribution in [3.05, 3.63) is 55.9 Å². The molecule has 1 unspecified atom stereocenters. The number of hydrogen-bond acceptors (Lipinski definition) is 5. The molecule has 0 saturated carbocycles. The van der Waals surface area contributed by atoms with Crippen LogP contribution in [-0.2, 0) is 17.8 Å². The molecule has 26 heavy (non-hydrogen) atoms. The standard InChI is InChI=1S/C17H18F2N4OS2/c1-10-8-26-17(20-10)14(6-12-3-4-25-9-12)21-15(24)7-23-11(2)5-13(22-23)16(18)19/h3-5,8-9,14,16H,6-7H2,1-2H3,(H,21,24). The van der Waals surface area contributed by atoms with Gasteiger partial charge in [0.1, 0.15) is 17.2 Å². The summed E-state index contributed by atoms with van der Waals surface area (Å²) in [6.45, 7) is 3.45. The van der Waals surface area contributed by atoms with Gasteiger partial charge >= 0.3 is 0 Å². The van der Waals surface area contributed by atoms with Crippen LogP contribution in [0.2, 0.25) is 0 Å². The zero-order valence-corrected chi connectivity index (χ0v) is 15.9. The van der Waals surface area contributed by atoms with E-state index in [9.17, 15) is 13.6 Å². The molecule has 9 heteroatoms. The smallest absolute Gasteiger partial charge is 0.282 e. The van der Waals surface area contributed by atoms with Gasteiger partial charge in [-0.05, 0) is 42.3 Å². The Morgan fingerprint density at radius 2 is 2.15 bits per heavy atom. The summed E-state index contributed by atoms with van der Waals surface area (Å²) in [6, 6.07) is 3.04. The molecule has 3 aromatic rings. The number of nitrogens with zero attached hydrogens (tertiary/aromatic N) is 3. The molecule has 0 spiro atoms. The predicted molar refractivity (Wildman–Crippen MR) is 97.7 cm³/mol. The van der Waals surface area contributed by atoms with E-state index in [0.717, 1.165) is 16.3 Å². The molecule has 0 aliphatic heterocycles. The number of aromatic nitrogens is 3. The van der Waals surface area contributed by atoms with Gasteiger partial charge < -0.3 is 5.32 Å². The van der Waals surface area contributed by atoms with Crippen LogP contribution in [0.3, 0.4) is 0 Å². The second kappa shape index (κ2) is 8.05. The maximum absolute atomic E-state index is 12.8. The van der Waals surface area contributed by atoms with Gasteiger partial charge in [-0.3, -0.25) is 9.48 Å². The molecule has 0 saturated heterocycles. The summed E-state index contributed by atoms with van der Waals surface area (Å²) >= 11 is 3.09. The highest BCUT2D eigenvalue weighted by Crippen LogP contribution is 2.23. The number of carbonyl (C=O) groups excluding carboxylic acids is 1. The second-order valence-corrected chi connectivity index (χ2v) is 7.62. The van der Waals surface area contributed by atoms with Crippen LogP contribution in [-0.4, -0.2) is 20.7 Å². The van der Waals surface area contributed by atoms with Crippen LogP contribution in [0.4, 0.5) is 8.78 Å². The van der Waals surface area contributed by atoms with Gasteiger partial charge in [0.15, 0.2) is 0 Å². The number of hydrogen-bond donors (Lipinski definition) is 1. The first kappa shape index (κ1) is 18.7. The summed E-state index contributed by atoms with van der Waals surface area (Å²) in [4.78, 5) is 17.0. The number of carbonyl (C=O) groups is 1. The van der Waals surface area contributed by atoms with Gasteiger partial charge in [-0.15, -0.1) is 11.3 Å². The summed E-state index contributed by atoms with van der Waals surface area (Å²) in [6.07, 6.45) is -2.02. The fraction of sp³-hybridized carbons (Fsp3) is 0.353. The van der Waals surface area contributed by atoms with Gasteiger partial charge in [-0.2, -0.15) is 16.4 Å². The molecule has 1 amide bonds. The highest BCUT2D eigenvalue weighted by molar-refractivity contribution is 7.09. The molecule has 3 rings (SSSR count). The summed E-state index contributed by atoms with van der Waals surface area (Å²) in [7, 11) is 0. The van der Waals surface area contributed by atoms with E-state index in [-0.39, 0.29) is 24.2 Å². The summed E-state index contributed by atoms with van der Waals surface area (Å²) in [5.41, 5.74) is 2.22. The molecule has 0 bridgehead atoms. The number of aryl methyl sites for hydroxylation is 2. The molecule has 1 N–H and O–H groups in total. The molecule has 138 valence electrons. The van der Waals surface area contributed by atoms with E-state index >= 15 is 0 Å². The first-order valence-electron chi connectivity index (χ1n) is 7.97. The lowest BCUT2D eigenvalue weighted by atomic mass is 10.1. The number of halogens is 2. The molecule has 0 aliphatic rings. The minimum Gasteiger partial charge on any atom is -0.345 e. The fourth-order valence-electron chi connectivity index (χ4n) is 2.56. The van der Waals surface area contributed by atoms with Crippen LogP contribution >= 0.6 is 22.7 Å². The Hall–Kier alpha value is -2.13. The van der Waals surface area contributed by atoms with Crippen LogP contribution < -0.4 is 5.32 Å². The predicted octanol–water partition coefficient (Wildman–Crippen LogP) is 4.06. The Labute approximate surface area is 157 Å². The van der Waals surface area contributed by atoms with Crippen molar-refractivity contribution in [1.29, 1.82) is 0 Å². The van der Waals surface area contributed by atoms with E-state index in [1.807, 2.05) is 29.1 Å². The lowest BCUT2D eigenvalue weighted by Crippen LogP contribution is -2.33. The third-order valence-corrected chi connectivity index (χ3v) is 5.62. The van der Waals surface area contributed by atoms with Crippen LogP contribution in [0, 0.1) is 13.8 Å². The lowest BCUT2D eigenvalue weighted by Gasteiger charge is -2.16. The van der Waals surface area contributed by atoms with Crippen molar-refractivity contribution in [3.8, 4) is 0 Å². The molecule has 0 radical (unpaired) electrons. The van der Waals surface area contributed by atoms with Crippen molar-refractivity contribution in [3.63, 3.8) is 0 Å². The van der Waals surface area contributed by atoms with Crippen molar-refractivity contribution < 1.29 is 13.6 Å². The number of nitrogens with one attached hydrogen (secondary N) is 1. The van der Waals surface area contributed by atoms with Crippen molar-refractivity contribution in [1.82, 2.24) is 20.1 Å². The molecule has 0 fully saturated rings. The van der Waals surface area contributed by atoms with Gasteiger partial charge in [-0.25, -0.2) is 13.8 Å². The van der Waals surface area contributed by atoms with Gasteiger partial charge in [0.2, 0.25) is 5.91 Å². The average Bonchev–Trinajstić information content (AvgIpc) is 3.30. The molecule has 3 heterocycles. The Kier molecular flexibility index (Phi) is 5.77. The number of thiophene rings is 1. The molecular formula is C17H18F2N4OS2. The van der Waals surface area contributed by atoms with Crippen molar-refractivity contribution in [2.24, 2.45) is 0 Å². The van der Waals surface area contributed by atoms with E-state index in [2.05, 4.69) is 15.4 Å². The lowest BCUT2D eigenvalue weighted by molar-refractivity contribution is -0.122. The molecule has 0 aliphatic carbocycles. The number of amides is 1. The molecule has 5 nitrogen and oxygen atoms in total. The van der Waals surface area contributed by atoms with Crippen molar-refractivity contribution in [2.75, 3.05) is 0 Å². The van der Waals surface area contributed by atoms with Gasteiger partial charge in [0.05, 0.1) is 6.04 Å². The zero-order chi connectivity index (χ0) is 18.7. The minimum atomic E-state index is -2.65. The van der Waals surface area contributed by atoms with E-state index in [1.54, 1.807) is 18.3 Å². The third kappa shape index (κ3) is 4.53. The Balaban J connectivity index is 1.72. The Morgan fingerprint density at radius 1 is 1.35 bits per heavy atom. The number of alkyl halides is 2. The average molecular weight is 396 g/mol. The zero-order valence-electron chi connectivity index (χ0n) is 14.3. The molecule has 1 atom stereocenters. The van der Waals surface area contributed by atoms with E-state index in [0.29, 0.717) is 12.1 Å². The van der Waals surface area contributed by atoms with E-state index in [1.165, 1.54) is 22.1 Å². The summed E-state index contributed by atoms with van der Waals surface area (Å²) in [5.74, 6) is -0.287. The van der Waals surface area contributed by atoms with E-state index < -0.39 is 6.43 Å².